The van der Waals surface area contributed by atoms with Crippen LogP contribution in [0.2, 0.25) is 0 Å². The maximum absolute atomic E-state index is 13.1. The fourth-order valence-corrected chi connectivity index (χ4v) is 5.56. The topological polar surface area (TPSA) is 102 Å². The molecular formula is C26H34N4O6S. The van der Waals surface area contributed by atoms with Gasteiger partial charge in [-0.2, -0.15) is 0 Å². The normalized spacial score (nSPS) is 19.7. The molecule has 37 heavy (non-hydrogen) atoms. The Morgan fingerprint density at radius 1 is 1.14 bits per heavy atom. The summed E-state index contributed by atoms with van der Waals surface area (Å²) in [6, 6.07) is 4.97. The van der Waals surface area contributed by atoms with Gasteiger partial charge in [0.15, 0.2) is 5.17 Å². The van der Waals surface area contributed by atoms with Gasteiger partial charge in [-0.15, -0.1) is 0 Å². The molecule has 10 nitrogen and oxygen atoms in total. The van der Waals surface area contributed by atoms with Crippen molar-refractivity contribution >= 4 is 28.8 Å². The van der Waals surface area contributed by atoms with Gasteiger partial charge in [-0.25, -0.2) is 9.79 Å². The van der Waals surface area contributed by atoms with E-state index in [2.05, 4.69) is 10.2 Å². The number of morpholine rings is 1. The average Bonchev–Trinajstić information content (AvgIpc) is 3.33. The first-order valence-electron chi connectivity index (χ1n) is 12.3. The zero-order valence-electron chi connectivity index (χ0n) is 21.7. The Bertz CT molecular complexity index is 1090. The number of thioether (sulfide) groups is 1. The van der Waals surface area contributed by atoms with Crippen LogP contribution in [0.25, 0.3) is 0 Å². The van der Waals surface area contributed by atoms with Crippen molar-refractivity contribution < 1.29 is 28.5 Å². The highest BCUT2D eigenvalue weighted by atomic mass is 32.2. The molecule has 0 aromatic heterocycles. The molecule has 1 atom stereocenters. The van der Waals surface area contributed by atoms with Gasteiger partial charge in [0, 0.05) is 37.9 Å². The number of hydrogen-bond donors (Lipinski definition) is 1. The Morgan fingerprint density at radius 3 is 2.46 bits per heavy atom. The molecular weight excluding hydrogens is 496 g/mol. The third-order valence-corrected chi connectivity index (χ3v) is 7.40. The van der Waals surface area contributed by atoms with Gasteiger partial charge in [-0.05, 0) is 29.5 Å². The number of allylic oxidation sites excluding steroid dienone is 1. The molecule has 3 heterocycles. The Labute approximate surface area is 221 Å². The van der Waals surface area contributed by atoms with Crippen molar-refractivity contribution in [1.82, 2.24) is 15.1 Å². The number of carbonyl (C=O) groups excluding carboxylic acids is 2. The molecule has 0 aliphatic carbocycles. The third kappa shape index (κ3) is 6.11. The summed E-state index contributed by atoms with van der Waals surface area (Å²) in [6.07, 6.45) is 0.708. The fourth-order valence-electron chi connectivity index (χ4n) is 4.62. The van der Waals surface area contributed by atoms with E-state index >= 15 is 0 Å². The number of nitrogens with zero attached hydrogens (tertiary/aromatic N) is 3. The number of aliphatic imine (C=N–C) groups is 1. The molecule has 1 fully saturated rings. The summed E-state index contributed by atoms with van der Waals surface area (Å²) in [5, 5.41) is 5.67. The van der Waals surface area contributed by atoms with Gasteiger partial charge in [0.05, 0.1) is 58.3 Å². The summed E-state index contributed by atoms with van der Waals surface area (Å²) >= 11 is 1.44. The summed E-state index contributed by atoms with van der Waals surface area (Å²) in [5.74, 6) is 0.642. The first-order chi connectivity index (χ1) is 18.0. The number of rotatable bonds is 10. The van der Waals surface area contributed by atoms with Crippen LogP contribution in [0.15, 0.2) is 45.6 Å². The van der Waals surface area contributed by atoms with Crippen LogP contribution in [-0.4, -0.2) is 87.6 Å². The predicted molar refractivity (Wildman–Crippen MR) is 141 cm³/mol. The van der Waals surface area contributed by atoms with E-state index < -0.39 is 12.0 Å². The number of hydrogen-bond acceptors (Lipinski definition) is 10. The van der Waals surface area contributed by atoms with Gasteiger partial charge in [0.2, 0.25) is 5.91 Å². The molecule has 0 radical (unpaired) electrons. The second-order valence-corrected chi connectivity index (χ2v) is 9.56. The van der Waals surface area contributed by atoms with E-state index in [-0.39, 0.29) is 12.3 Å². The molecule has 0 saturated carbocycles. The highest BCUT2D eigenvalue weighted by Gasteiger charge is 2.41. The standard InChI is InChI=1S/C26H34N4O6S/c1-5-21-23(25(32)35-4)24(17-12-19(33-2)15-20(13-17)34-3)30-18(16-37-26(30)28-21)14-22(31)27-6-7-29-8-10-36-11-9-29/h12-13,15-16,24H,5-11,14H2,1-4H3,(H,27,31)/t24-/m1/s1. The quantitative estimate of drug-likeness (QED) is 0.458. The van der Waals surface area contributed by atoms with Gasteiger partial charge in [0.1, 0.15) is 11.5 Å². The van der Waals surface area contributed by atoms with Crippen LogP contribution in [0, 0.1) is 0 Å². The number of amidine groups is 1. The van der Waals surface area contributed by atoms with E-state index in [0.717, 1.165) is 44.1 Å². The molecule has 200 valence electrons. The molecule has 0 unspecified atom stereocenters. The van der Waals surface area contributed by atoms with Crippen LogP contribution in [-0.2, 0) is 19.1 Å². The molecule has 0 bridgehead atoms. The summed E-state index contributed by atoms with van der Waals surface area (Å²) in [4.78, 5) is 35.0. The minimum Gasteiger partial charge on any atom is -0.497 e. The monoisotopic (exact) mass is 530 g/mol. The second-order valence-electron chi connectivity index (χ2n) is 8.73. The summed E-state index contributed by atoms with van der Waals surface area (Å²) < 4.78 is 21.6. The molecule has 1 aromatic carbocycles. The van der Waals surface area contributed by atoms with E-state index in [4.69, 9.17) is 23.9 Å². The maximum Gasteiger partial charge on any atom is 0.338 e. The first kappa shape index (κ1) is 27.0. The lowest BCUT2D eigenvalue weighted by atomic mass is 9.92. The zero-order chi connectivity index (χ0) is 26.4. The number of fused-ring (bicyclic) bond motifs is 1. The smallest absolute Gasteiger partial charge is 0.338 e. The molecule has 3 aliphatic rings. The lowest BCUT2D eigenvalue weighted by Gasteiger charge is -2.36. The van der Waals surface area contributed by atoms with Crippen molar-refractivity contribution in [2.45, 2.75) is 25.8 Å². The Morgan fingerprint density at radius 2 is 1.84 bits per heavy atom. The summed E-state index contributed by atoms with van der Waals surface area (Å²) in [7, 11) is 4.53. The van der Waals surface area contributed by atoms with Crippen molar-refractivity contribution in [3.8, 4) is 11.5 Å². The second kappa shape index (κ2) is 12.5. The van der Waals surface area contributed by atoms with E-state index in [1.807, 2.05) is 29.4 Å². The van der Waals surface area contributed by atoms with E-state index in [1.54, 1.807) is 20.3 Å². The van der Waals surface area contributed by atoms with Crippen LogP contribution in [0.1, 0.15) is 31.4 Å². The third-order valence-electron chi connectivity index (χ3n) is 6.51. The van der Waals surface area contributed by atoms with Gasteiger partial charge in [0.25, 0.3) is 0 Å². The molecule has 1 N–H and O–H groups in total. The number of nitrogens with one attached hydrogen (secondary N) is 1. The van der Waals surface area contributed by atoms with E-state index in [9.17, 15) is 9.59 Å². The molecule has 11 heteroatoms. The highest BCUT2D eigenvalue weighted by molar-refractivity contribution is 8.16. The Hall–Kier alpha value is -3.02. The van der Waals surface area contributed by atoms with E-state index in [0.29, 0.717) is 40.9 Å². The predicted octanol–water partition coefficient (Wildman–Crippen LogP) is 2.68. The molecule has 3 aliphatic heterocycles. The van der Waals surface area contributed by atoms with Gasteiger partial charge in [-0.1, -0.05) is 18.7 Å². The number of esters is 1. The first-order valence-corrected chi connectivity index (χ1v) is 13.2. The number of ether oxygens (including phenoxy) is 4. The minimum atomic E-state index is -0.554. The van der Waals surface area contributed by atoms with Crippen LogP contribution < -0.4 is 14.8 Å². The van der Waals surface area contributed by atoms with E-state index in [1.165, 1.54) is 18.9 Å². The molecule has 4 rings (SSSR count). The highest BCUT2D eigenvalue weighted by Crippen LogP contribution is 2.46. The summed E-state index contributed by atoms with van der Waals surface area (Å²) in [6.45, 7) is 6.49. The maximum atomic E-state index is 13.1. The summed E-state index contributed by atoms with van der Waals surface area (Å²) in [5.41, 5.74) is 2.62. The average molecular weight is 531 g/mol. The van der Waals surface area contributed by atoms with Crippen molar-refractivity contribution in [2.24, 2.45) is 4.99 Å². The lowest BCUT2D eigenvalue weighted by molar-refractivity contribution is -0.136. The van der Waals surface area contributed by atoms with Gasteiger partial charge < -0.3 is 29.2 Å². The van der Waals surface area contributed by atoms with Crippen molar-refractivity contribution in [1.29, 1.82) is 0 Å². The number of methoxy groups -OCH3 is 3. The zero-order valence-corrected chi connectivity index (χ0v) is 22.6. The largest absolute Gasteiger partial charge is 0.497 e. The molecule has 1 amide bonds. The van der Waals surface area contributed by atoms with Crippen molar-refractivity contribution in [3.05, 3.63) is 46.1 Å². The minimum absolute atomic E-state index is 0.0896. The number of carbonyl (C=O) groups is 2. The van der Waals surface area contributed by atoms with Crippen LogP contribution >= 0.6 is 11.8 Å². The fraction of sp³-hybridized carbons (Fsp3) is 0.500. The van der Waals surface area contributed by atoms with Crippen LogP contribution in [0.5, 0.6) is 11.5 Å². The SMILES string of the molecule is CCC1=C(C(=O)OC)[C@@H](c2cc(OC)cc(OC)c2)N2C(CC(=O)NCCN3CCOCC3)=CSC2=N1. The lowest BCUT2D eigenvalue weighted by Crippen LogP contribution is -2.42. The van der Waals surface area contributed by atoms with Crippen LogP contribution in [0.3, 0.4) is 0 Å². The molecule has 1 saturated heterocycles. The van der Waals surface area contributed by atoms with Gasteiger partial charge >= 0.3 is 5.97 Å². The number of amides is 1. The van der Waals surface area contributed by atoms with Gasteiger partial charge in [-0.3, -0.25) is 9.69 Å². The Balaban J connectivity index is 1.60. The molecule has 0 spiro atoms. The van der Waals surface area contributed by atoms with Crippen molar-refractivity contribution in [2.75, 3.05) is 60.7 Å². The Kier molecular flexibility index (Phi) is 9.12. The van der Waals surface area contributed by atoms with Crippen molar-refractivity contribution in [3.63, 3.8) is 0 Å². The number of benzene rings is 1. The molecule has 1 aromatic rings. The van der Waals surface area contributed by atoms with Crippen LogP contribution in [0.4, 0.5) is 0 Å².